The number of carboxylic acid groups (broad SMARTS) is 2. The molecule has 1 saturated carbocycles. The van der Waals surface area contributed by atoms with E-state index in [0.29, 0.717) is 30.6 Å². The highest BCUT2D eigenvalue weighted by Gasteiger charge is 2.33. The molecule has 3 N–H and O–H groups in total. The molecule has 4 atom stereocenters. The van der Waals surface area contributed by atoms with Gasteiger partial charge in [0.1, 0.15) is 12.1 Å². The molecule has 2 aliphatic rings. The van der Waals surface area contributed by atoms with Crippen molar-refractivity contribution in [3.05, 3.63) is 0 Å². The first-order chi connectivity index (χ1) is 10.7. The van der Waals surface area contributed by atoms with Crippen LogP contribution in [0.4, 0.5) is 4.79 Å². The number of carbonyl (C=O) groups is 3. The Morgan fingerprint density at radius 3 is 2.26 bits per heavy atom. The van der Waals surface area contributed by atoms with Crippen LogP contribution in [0.25, 0.3) is 0 Å². The number of aliphatic carboxylic acids is 1. The summed E-state index contributed by atoms with van der Waals surface area (Å²) in [5.74, 6) is 0.395. The summed E-state index contributed by atoms with van der Waals surface area (Å²) in [5.41, 5.74) is 0. The molecular weight excluding hydrogens is 302 g/mol. The van der Waals surface area contributed by atoms with E-state index in [1.165, 1.54) is 6.42 Å². The minimum absolute atomic E-state index is 0.0868. The maximum Gasteiger partial charge on any atom is 0.506 e. The van der Waals surface area contributed by atoms with Gasteiger partial charge in [0.15, 0.2) is 0 Å². The molecule has 0 aromatic carbocycles. The standard InChI is InChI=1S/C11H20O3.C5H7NO3/c1-7(2)9-5-4-8(3)6-10(9)14-11(12)13;7-4-2-1-3(6-4)5(8)9/h7-10H,4-6H2,1-3H3,(H,12,13);3H,1-2H2,(H,6,7)(H,8,9)/t;3-/m.0/s1. The van der Waals surface area contributed by atoms with Crippen molar-refractivity contribution in [3.8, 4) is 0 Å². The lowest BCUT2D eigenvalue weighted by atomic mass is 9.75. The van der Waals surface area contributed by atoms with E-state index >= 15 is 0 Å². The van der Waals surface area contributed by atoms with Crippen LogP contribution in [-0.2, 0) is 14.3 Å². The van der Waals surface area contributed by atoms with Gasteiger partial charge in [0.2, 0.25) is 5.91 Å². The van der Waals surface area contributed by atoms with Crippen LogP contribution in [-0.4, -0.2) is 40.4 Å². The van der Waals surface area contributed by atoms with Crippen molar-refractivity contribution < 1.29 is 29.3 Å². The number of carboxylic acids is 1. The van der Waals surface area contributed by atoms with E-state index in [4.69, 9.17) is 14.9 Å². The zero-order valence-electron chi connectivity index (χ0n) is 13.9. The second kappa shape index (κ2) is 8.74. The maximum absolute atomic E-state index is 10.5. The second-order valence-corrected chi connectivity index (χ2v) is 6.75. The summed E-state index contributed by atoms with van der Waals surface area (Å²) in [6.45, 7) is 6.44. The van der Waals surface area contributed by atoms with Gasteiger partial charge in [-0.3, -0.25) is 4.79 Å². The minimum atomic E-state index is -1.13. The number of amides is 1. The predicted octanol–water partition coefficient (Wildman–Crippen LogP) is 2.49. The zero-order valence-corrected chi connectivity index (χ0v) is 13.9. The molecule has 3 unspecified atom stereocenters. The van der Waals surface area contributed by atoms with Gasteiger partial charge in [-0.1, -0.05) is 27.2 Å². The Bertz CT molecular complexity index is 436. The molecule has 23 heavy (non-hydrogen) atoms. The van der Waals surface area contributed by atoms with Crippen molar-refractivity contribution >= 4 is 18.0 Å². The summed E-state index contributed by atoms with van der Waals surface area (Å²) < 4.78 is 4.95. The number of rotatable bonds is 3. The molecule has 132 valence electrons. The summed E-state index contributed by atoms with van der Waals surface area (Å²) in [7, 11) is 0. The van der Waals surface area contributed by atoms with Gasteiger partial charge in [0, 0.05) is 6.42 Å². The van der Waals surface area contributed by atoms with Crippen LogP contribution in [0, 0.1) is 17.8 Å². The molecule has 0 radical (unpaired) electrons. The Labute approximate surface area is 136 Å². The topological polar surface area (TPSA) is 113 Å². The van der Waals surface area contributed by atoms with Crippen molar-refractivity contribution in [2.24, 2.45) is 17.8 Å². The molecule has 1 saturated heterocycles. The highest BCUT2D eigenvalue weighted by atomic mass is 16.7. The summed E-state index contributed by atoms with van der Waals surface area (Å²) >= 11 is 0. The van der Waals surface area contributed by atoms with Gasteiger partial charge >= 0.3 is 12.1 Å². The highest BCUT2D eigenvalue weighted by molar-refractivity contribution is 5.87. The van der Waals surface area contributed by atoms with E-state index in [9.17, 15) is 14.4 Å². The van der Waals surface area contributed by atoms with Crippen molar-refractivity contribution in [2.45, 2.75) is 65.0 Å². The van der Waals surface area contributed by atoms with Crippen LogP contribution in [0.1, 0.15) is 52.9 Å². The van der Waals surface area contributed by atoms with E-state index in [2.05, 4.69) is 26.1 Å². The van der Waals surface area contributed by atoms with Crippen molar-refractivity contribution in [1.82, 2.24) is 5.32 Å². The molecule has 7 nitrogen and oxygen atoms in total. The van der Waals surface area contributed by atoms with E-state index in [1.54, 1.807) is 0 Å². The molecule has 0 aromatic heterocycles. The molecule has 2 fully saturated rings. The first-order valence-electron chi connectivity index (χ1n) is 8.12. The van der Waals surface area contributed by atoms with Crippen LogP contribution in [0.2, 0.25) is 0 Å². The molecule has 1 amide bonds. The summed E-state index contributed by atoms with van der Waals surface area (Å²) in [5, 5.41) is 19.3. The summed E-state index contributed by atoms with van der Waals surface area (Å²) in [4.78, 5) is 31.0. The van der Waals surface area contributed by atoms with E-state index in [0.717, 1.165) is 12.8 Å². The van der Waals surface area contributed by atoms with Crippen molar-refractivity contribution in [3.63, 3.8) is 0 Å². The summed E-state index contributed by atoms with van der Waals surface area (Å²) in [6.07, 6.45) is 2.73. The van der Waals surface area contributed by atoms with Gasteiger partial charge in [-0.25, -0.2) is 9.59 Å². The molecule has 1 aliphatic carbocycles. The summed E-state index contributed by atoms with van der Waals surface area (Å²) in [6, 6.07) is -0.641. The first-order valence-corrected chi connectivity index (χ1v) is 8.12. The smallest absolute Gasteiger partial charge is 0.480 e. The predicted molar refractivity (Wildman–Crippen MR) is 83.0 cm³/mol. The van der Waals surface area contributed by atoms with Crippen LogP contribution >= 0.6 is 0 Å². The number of nitrogens with one attached hydrogen (secondary N) is 1. The average molecular weight is 329 g/mol. The molecule has 0 aromatic rings. The fourth-order valence-electron chi connectivity index (χ4n) is 3.18. The van der Waals surface area contributed by atoms with Gasteiger partial charge < -0.3 is 20.3 Å². The van der Waals surface area contributed by atoms with Crippen LogP contribution in [0.5, 0.6) is 0 Å². The third-order valence-corrected chi connectivity index (χ3v) is 4.51. The molecule has 2 rings (SSSR count). The fraction of sp³-hybridized carbons (Fsp3) is 0.812. The third kappa shape index (κ3) is 6.46. The number of hydrogen-bond acceptors (Lipinski definition) is 4. The number of hydrogen-bond donors (Lipinski definition) is 3. The fourth-order valence-corrected chi connectivity index (χ4v) is 3.18. The Balaban J connectivity index is 0.000000253. The number of carbonyl (C=O) groups excluding carboxylic acids is 1. The second-order valence-electron chi connectivity index (χ2n) is 6.75. The highest BCUT2D eigenvalue weighted by Crippen LogP contribution is 2.35. The normalized spacial score (nSPS) is 30.2. The number of ether oxygens (including phenoxy) is 1. The Hall–Kier alpha value is -1.79. The monoisotopic (exact) mass is 329 g/mol. The molecule has 1 aliphatic heterocycles. The molecule has 1 heterocycles. The van der Waals surface area contributed by atoms with Crippen LogP contribution < -0.4 is 5.32 Å². The van der Waals surface area contributed by atoms with Crippen LogP contribution in [0.15, 0.2) is 0 Å². The lowest BCUT2D eigenvalue weighted by molar-refractivity contribution is -0.140. The van der Waals surface area contributed by atoms with E-state index in [-0.39, 0.29) is 12.0 Å². The lowest BCUT2D eigenvalue weighted by Gasteiger charge is -2.35. The molecular formula is C16H27NO6. The maximum atomic E-state index is 10.5. The van der Waals surface area contributed by atoms with Gasteiger partial charge in [-0.2, -0.15) is 0 Å². The van der Waals surface area contributed by atoms with Gasteiger partial charge in [-0.05, 0) is 37.0 Å². The Morgan fingerprint density at radius 2 is 1.87 bits per heavy atom. The molecule has 0 bridgehead atoms. The largest absolute Gasteiger partial charge is 0.506 e. The van der Waals surface area contributed by atoms with Gasteiger partial charge in [0.25, 0.3) is 0 Å². The van der Waals surface area contributed by atoms with Crippen LogP contribution in [0.3, 0.4) is 0 Å². The van der Waals surface area contributed by atoms with Gasteiger partial charge in [-0.15, -0.1) is 0 Å². The Kier molecular flexibility index (Phi) is 7.32. The van der Waals surface area contributed by atoms with Gasteiger partial charge in [0.05, 0.1) is 0 Å². The Morgan fingerprint density at radius 1 is 1.22 bits per heavy atom. The lowest BCUT2D eigenvalue weighted by Crippen LogP contribution is -2.35. The van der Waals surface area contributed by atoms with E-state index in [1.807, 2.05) is 0 Å². The molecule has 7 heteroatoms. The zero-order chi connectivity index (χ0) is 17.6. The minimum Gasteiger partial charge on any atom is -0.480 e. The van der Waals surface area contributed by atoms with Crippen molar-refractivity contribution in [2.75, 3.05) is 0 Å². The third-order valence-electron chi connectivity index (χ3n) is 4.51. The SMILES string of the molecule is CC1CCC(C(C)C)C(OC(=O)O)C1.O=C1CC[C@@H](C(=O)O)N1. The average Bonchev–Trinajstić information content (AvgIpc) is 2.85. The quantitative estimate of drug-likeness (QED) is 0.686. The molecule has 0 spiro atoms. The first kappa shape index (κ1) is 19.3. The van der Waals surface area contributed by atoms with E-state index < -0.39 is 18.2 Å². The van der Waals surface area contributed by atoms with Crippen molar-refractivity contribution in [1.29, 1.82) is 0 Å².